The van der Waals surface area contributed by atoms with Gasteiger partial charge in [0.1, 0.15) is 0 Å². The van der Waals surface area contributed by atoms with Crippen molar-refractivity contribution in [3.63, 3.8) is 0 Å². The van der Waals surface area contributed by atoms with Gasteiger partial charge in [0.05, 0.1) is 11.7 Å². The van der Waals surface area contributed by atoms with Gasteiger partial charge in [-0.05, 0) is 45.1 Å². The lowest BCUT2D eigenvalue weighted by Crippen LogP contribution is -2.26. The van der Waals surface area contributed by atoms with Gasteiger partial charge in [-0.1, -0.05) is 0 Å². The van der Waals surface area contributed by atoms with Gasteiger partial charge in [0, 0.05) is 24.6 Å². The van der Waals surface area contributed by atoms with Crippen molar-refractivity contribution in [2.45, 2.75) is 64.4 Å². The van der Waals surface area contributed by atoms with E-state index in [1.54, 1.807) is 13.1 Å². The molecule has 0 bridgehead atoms. The lowest BCUT2D eigenvalue weighted by molar-refractivity contribution is -0.0382. The predicted octanol–water partition coefficient (Wildman–Crippen LogP) is 3.57. The molecule has 0 spiro atoms. The van der Waals surface area contributed by atoms with E-state index >= 15 is 0 Å². The molecule has 0 unspecified atom stereocenters. The van der Waals surface area contributed by atoms with Gasteiger partial charge in [-0.15, -0.1) is 0 Å². The maximum Gasteiger partial charge on any atom is 0.249 e. The molecule has 1 heterocycles. The normalized spacial score (nSPS) is 18.5. The number of hydrogen-bond acceptors (Lipinski definition) is 3. The Bertz CT molecular complexity index is 564. The maximum absolute atomic E-state index is 13.3. The fourth-order valence-electron chi connectivity index (χ4n) is 2.94. The molecule has 2 rings (SSSR count). The largest absolute Gasteiger partial charge is 0.475 e. The van der Waals surface area contributed by atoms with E-state index in [1.807, 2.05) is 13.8 Å². The van der Waals surface area contributed by atoms with Crippen LogP contribution in [-0.4, -0.2) is 22.9 Å². The third-order valence-corrected chi connectivity index (χ3v) is 4.06. The first kappa shape index (κ1) is 16.6. The monoisotopic (exact) mass is 312 g/mol. The molecule has 0 atom stereocenters. The topological polar surface area (TPSA) is 65.2 Å². The van der Waals surface area contributed by atoms with Gasteiger partial charge in [-0.2, -0.15) is 0 Å². The van der Waals surface area contributed by atoms with Crippen molar-refractivity contribution < 1.29 is 18.3 Å². The molecule has 1 amide bonds. The van der Waals surface area contributed by atoms with Crippen molar-refractivity contribution >= 4 is 5.91 Å². The molecule has 1 aromatic rings. The molecule has 0 aromatic carbocycles. The summed E-state index contributed by atoms with van der Waals surface area (Å²) in [6.07, 6.45) is 1.81. The summed E-state index contributed by atoms with van der Waals surface area (Å²) in [6, 6.07) is 0. The summed E-state index contributed by atoms with van der Waals surface area (Å²) in [6.45, 7) is 5.45. The van der Waals surface area contributed by atoms with Crippen molar-refractivity contribution in [1.82, 2.24) is 4.98 Å². The molecule has 2 N–H and O–H groups in total. The second-order valence-electron chi connectivity index (χ2n) is 6.18. The van der Waals surface area contributed by atoms with Gasteiger partial charge in [0.2, 0.25) is 17.7 Å². The highest BCUT2D eigenvalue weighted by Crippen LogP contribution is 2.42. The molecule has 1 aliphatic carbocycles. The molecule has 4 nitrogen and oxygen atoms in total. The number of pyridine rings is 1. The number of aromatic nitrogens is 1. The third-order valence-electron chi connectivity index (χ3n) is 4.06. The number of primary amides is 1. The standard InChI is InChI=1S/C16H22F2N2O2/c1-9(2)22-15-10(3)13(14(19)21)12(8-20-15)11-4-6-16(17,18)7-5-11/h8-9,11H,4-7H2,1-3H3,(H2,19,21). The molecule has 1 aromatic heterocycles. The van der Waals surface area contributed by atoms with E-state index in [0.717, 1.165) is 0 Å². The minimum Gasteiger partial charge on any atom is -0.475 e. The Morgan fingerprint density at radius 1 is 1.41 bits per heavy atom. The van der Waals surface area contributed by atoms with Crippen LogP contribution in [0.1, 0.15) is 66.9 Å². The molecule has 0 aliphatic heterocycles. The second kappa shape index (κ2) is 6.18. The van der Waals surface area contributed by atoms with Crippen LogP contribution in [0.5, 0.6) is 5.88 Å². The molecule has 22 heavy (non-hydrogen) atoms. The van der Waals surface area contributed by atoms with Gasteiger partial charge in [-0.25, -0.2) is 13.8 Å². The van der Waals surface area contributed by atoms with Gasteiger partial charge >= 0.3 is 0 Å². The Morgan fingerprint density at radius 2 is 2.00 bits per heavy atom. The van der Waals surface area contributed by atoms with Crippen LogP contribution in [0.25, 0.3) is 0 Å². The molecule has 6 heteroatoms. The quantitative estimate of drug-likeness (QED) is 0.924. The summed E-state index contributed by atoms with van der Waals surface area (Å²) in [5, 5.41) is 0. The van der Waals surface area contributed by atoms with Gasteiger partial charge in [0.15, 0.2) is 0 Å². The molecule has 1 aliphatic rings. The number of alkyl halides is 2. The van der Waals surface area contributed by atoms with Gasteiger partial charge < -0.3 is 10.5 Å². The fraction of sp³-hybridized carbons (Fsp3) is 0.625. The van der Waals surface area contributed by atoms with Crippen LogP contribution in [-0.2, 0) is 0 Å². The van der Waals surface area contributed by atoms with Crippen LogP contribution in [0.4, 0.5) is 8.78 Å². The Balaban J connectivity index is 2.36. The molecule has 122 valence electrons. The zero-order valence-corrected chi connectivity index (χ0v) is 13.2. The summed E-state index contributed by atoms with van der Waals surface area (Å²) < 4.78 is 32.2. The Morgan fingerprint density at radius 3 is 2.50 bits per heavy atom. The van der Waals surface area contributed by atoms with Crippen LogP contribution in [0.15, 0.2) is 6.20 Å². The van der Waals surface area contributed by atoms with Gasteiger partial charge in [0.25, 0.3) is 0 Å². The van der Waals surface area contributed by atoms with Crippen molar-refractivity contribution in [1.29, 1.82) is 0 Å². The molecule has 0 radical (unpaired) electrons. The predicted molar refractivity (Wildman–Crippen MR) is 79.4 cm³/mol. The summed E-state index contributed by atoms with van der Waals surface area (Å²) >= 11 is 0. The SMILES string of the molecule is Cc1c(OC(C)C)ncc(C2CCC(F)(F)CC2)c1C(N)=O. The first-order valence-corrected chi connectivity index (χ1v) is 7.55. The number of carbonyl (C=O) groups excluding carboxylic acids is 1. The van der Waals surface area contributed by atoms with Crippen LogP contribution < -0.4 is 10.5 Å². The number of ether oxygens (including phenoxy) is 1. The lowest BCUT2D eigenvalue weighted by Gasteiger charge is -2.29. The van der Waals surface area contributed by atoms with E-state index in [1.165, 1.54) is 0 Å². The van der Waals surface area contributed by atoms with Crippen molar-refractivity contribution in [3.05, 3.63) is 22.9 Å². The fourth-order valence-corrected chi connectivity index (χ4v) is 2.94. The second-order valence-corrected chi connectivity index (χ2v) is 6.18. The third kappa shape index (κ3) is 3.54. The van der Waals surface area contributed by atoms with Crippen LogP contribution in [0.2, 0.25) is 0 Å². The van der Waals surface area contributed by atoms with Crippen molar-refractivity contribution in [3.8, 4) is 5.88 Å². The van der Waals surface area contributed by atoms with E-state index in [-0.39, 0.29) is 24.9 Å². The van der Waals surface area contributed by atoms with E-state index in [2.05, 4.69) is 4.98 Å². The van der Waals surface area contributed by atoms with E-state index in [9.17, 15) is 13.6 Å². The smallest absolute Gasteiger partial charge is 0.249 e. The van der Waals surface area contributed by atoms with E-state index in [4.69, 9.17) is 10.5 Å². The minimum atomic E-state index is -2.60. The summed E-state index contributed by atoms with van der Waals surface area (Å²) in [4.78, 5) is 16.1. The zero-order valence-electron chi connectivity index (χ0n) is 13.2. The molecule has 1 fully saturated rings. The van der Waals surface area contributed by atoms with E-state index < -0.39 is 11.8 Å². The first-order chi connectivity index (χ1) is 10.2. The van der Waals surface area contributed by atoms with Crippen molar-refractivity contribution in [2.24, 2.45) is 5.73 Å². The number of rotatable bonds is 4. The first-order valence-electron chi connectivity index (χ1n) is 7.55. The van der Waals surface area contributed by atoms with Crippen LogP contribution in [0, 0.1) is 6.92 Å². The number of nitrogens with zero attached hydrogens (tertiary/aromatic N) is 1. The highest BCUT2D eigenvalue weighted by Gasteiger charge is 2.37. The number of amides is 1. The molecule has 1 saturated carbocycles. The van der Waals surface area contributed by atoms with E-state index in [0.29, 0.717) is 35.4 Å². The number of carbonyl (C=O) groups is 1. The molecular formula is C16H22F2N2O2. The highest BCUT2D eigenvalue weighted by molar-refractivity contribution is 5.96. The Kier molecular flexibility index (Phi) is 4.68. The average molecular weight is 312 g/mol. The highest BCUT2D eigenvalue weighted by atomic mass is 19.3. The summed E-state index contributed by atoms with van der Waals surface area (Å²) in [5.41, 5.74) is 7.11. The molecule has 0 saturated heterocycles. The van der Waals surface area contributed by atoms with Crippen LogP contribution >= 0.6 is 0 Å². The van der Waals surface area contributed by atoms with Crippen LogP contribution in [0.3, 0.4) is 0 Å². The van der Waals surface area contributed by atoms with Crippen molar-refractivity contribution in [2.75, 3.05) is 0 Å². The Labute approximate surface area is 129 Å². The number of nitrogens with two attached hydrogens (primary N) is 1. The number of halogens is 2. The Hall–Kier alpha value is -1.72. The summed E-state index contributed by atoms with van der Waals surface area (Å²) in [7, 11) is 0. The number of hydrogen-bond donors (Lipinski definition) is 1. The zero-order chi connectivity index (χ0) is 16.5. The average Bonchev–Trinajstić information content (AvgIpc) is 2.40. The minimum absolute atomic E-state index is 0.0776. The molecular weight excluding hydrogens is 290 g/mol. The summed E-state index contributed by atoms with van der Waals surface area (Å²) in [5.74, 6) is -2.91. The van der Waals surface area contributed by atoms with Gasteiger partial charge in [-0.3, -0.25) is 4.79 Å². The lowest BCUT2D eigenvalue weighted by atomic mass is 9.80. The maximum atomic E-state index is 13.3.